The molecule has 1 aliphatic carbocycles. The molecule has 1 saturated carbocycles. The molecular weight excluding hydrogens is 374 g/mol. The lowest BCUT2D eigenvalue weighted by Gasteiger charge is -2.39. The Kier molecular flexibility index (Phi) is 7.11. The highest BCUT2D eigenvalue weighted by Gasteiger charge is 2.46. The number of halogens is 2. The summed E-state index contributed by atoms with van der Waals surface area (Å²) in [7, 11) is 3.49. The fourth-order valence-corrected chi connectivity index (χ4v) is 2.34. The first-order valence-corrected chi connectivity index (χ1v) is 9.03. The maximum Gasteiger partial charge on any atom is 0.356 e. The van der Waals surface area contributed by atoms with Crippen molar-refractivity contribution in [2.24, 2.45) is 5.92 Å². The second-order valence-corrected chi connectivity index (χ2v) is 7.62. The molecule has 0 atom stereocenters. The maximum atomic E-state index is 12.9. The minimum absolute atomic E-state index is 0.00521. The molecule has 0 radical (unpaired) electrons. The van der Waals surface area contributed by atoms with Gasteiger partial charge >= 0.3 is 5.97 Å². The minimum atomic E-state index is -2.74. The smallest absolute Gasteiger partial charge is 0.356 e. The van der Waals surface area contributed by atoms with E-state index in [9.17, 15) is 13.6 Å². The van der Waals surface area contributed by atoms with Gasteiger partial charge in [0.15, 0.2) is 11.5 Å². The molecule has 1 aromatic rings. The van der Waals surface area contributed by atoms with Gasteiger partial charge in [-0.05, 0) is 18.8 Å². The van der Waals surface area contributed by atoms with E-state index in [0.29, 0.717) is 19.1 Å². The number of nitrogens with zero attached hydrogens (tertiary/aromatic N) is 4. The zero-order valence-corrected chi connectivity index (χ0v) is 16.6. The number of likely N-dealkylation sites (N-methyl/N-ethyl adjacent to an activating group) is 1. The van der Waals surface area contributed by atoms with Crippen LogP contribution < -0.4 is 9.64 Å². The molecule has 0 bridgehead atoms. The van der Waals surface area contributed by atoms with Gasteiger partial charge in [-0.2, -0.15) is 7.05 Å². The van der Waals surface area contributed by atoms with E-state index >= 15 is 0 Å². The highest BCUT2D eigenvalue weighted by atomic mass is 19.3. The number of carboxylic acids is 1. The average Bonchev–Trinajstić information content (AvgIpc) is 3.42. The molecule has 158 valence electrons. The lowest BCUT2D eigenvalue weighted by molar-refractivity contribution is -0.0270. The maximum absolute atomic E-state index is 12.9. The number of aromatic carboxylic acids is 1. The van der Waals surface area contributed by atoms with Gasteiger partial charge in [0.05, 0.1) is 25.9 Å². The molecule has 8 nitrogen and oxygen atoms in total. The average molecular weight is 401 g/mol. The third-order valence-electron chi connectivity index (χ3n) is 4.34. The molecule has 2 aliphatic rings. The van der Waals surface area contributed by atoms with Crippen LogP contribution in [0.2, 0.25) is 0 Å². The van der Waals surface area contributed by atoms with E-state index in [2.05, 4.69) is 15.3 Å². The van der Waals surface area contributed by atoms with E-state index in [0.717, 1.165) is 19.0 Å². The van der Waals surface area contributed by atoms with Gasteiger partial charge in [-0.15, -0.1) is 5.54 Å². The lowest BCUT2D eigenvalue weighted by atomic mass is 10.1. The van der Waals surface area contributed by atoms with E-state index in [-0.39, 0.29) is 22.9 Å². The number of ether oxygens (including phenoxy) is 2. The predicted octanol–water partition coefficient (Wildman–Crippen LogP) is 2.83. The number of carboxylic acid groups (broad SMARTS) is 1. The first-order valence-electron chi connectivity index (χ1n) is 9.03. The minimum Gasteiger partial charge on any atom is -0.658 e. The fourth-order valence-electron chi connectivity index (χ4n) is 2.34. The van der Waals surface area contributed by atoms with Crippen molar-refractivity contribution >= 4 is 11.8 Å². The molecule has 0 amide bonds. The number of alkyl halides is 2. The van der Waals surface area contributed by atoms with Crippen molar-refractivity contribution in [3.8, 4) is 5.88 Å². The van der Waals surface area contributed by atoms with Gasteiger partial charge < -0.3 is 24.8 Å². The Labute approximate surface area is 163 Å². The highest BCUT2D eigenvalue weighted by Crippen LogP contribution is 2.36. The Morgan fingerprint density at radius 2 is 2.07 bits per heavy atom. The summed E-state index contributed by atoms with van der Waals surface area (Å²) in [6, 6.07) is 0. The number of methoxy groups -OCH3 is 1. The van der Waals surface area contributed by atoms with Crippen LogP contribution in [-0.2, 0) is 4.74 Å². The van der Waals surface area contributed by atoms with Gasteiger partial charge in [-0.25, -0.2) is 23.5 Å². The molecule has 0 spiro atoms. The summed E-state index contributed by atoms with van der Waals surface area (Å²) < 4.78 is 36.2. The molecule has 1 N–H and O–H groups in total. The van der Waals surface area contributed by atoms with Crippen molar-refractivity contribution in [2.45, 2.75) is 38.2 Å². The van der Waals surface area contributed by atoms with Crippen LogP contribution >= 0.6 is 0 Å². The Bertz CT molecular complexity index is 676. The largest absolute Gasteiger partial charge is 0.658 e. The van der Waals surface area contributed by atoms with Crippen LogP contribution in [0.4, 0.5) is 14.6 Å². The SMILES string of the molecule is C[N-]C(C)(C)COC.O=C(O)c1cnc(N2CC(F)(F)C2)c(OCC2CC2)n1. The van der Waals surface area contributed by atoms with Crippen LogP contribution in [0.25, 0.3) is 5.32 Å². The van der Waals surface area contributed by atoms with Crippen LogP contribution in [0.5, 0.6) is 5.88 Å². The molecule has 2 fully saturated rings. The third-order valence-corrected chi connectivity index (χ3v) is 4.34. The van der Waals surface area contributed by atoms with Gasteiger partial charge in [-0.1, -0.05) is 13.8 Å². The summed E-state index contributed by atoms with van der Waals surface area (Å²) in [5.74, 6) is -3.32. The molecule has 1 aliphatic heterocycles. The molecule has 28 heavy (non-hydrogen) atoms. The molecule has 1 saturated heterocycles. The van der Waals surface area contributed by atoms with Crippen LogP contribution in [0, 0.1) is 5.92 Å². The van der Waals surface area contributed by atoms with Crippen LogP contribution in [0.15, 0.2) is 6.20 Å². The van der Waals surface area contributed by atoms with Crippen molar-refractivity contribution in [3.63, 3.8) is 0 Å². The van der Waals surface area contributed by atoms with E-state index in [1.54, 1.807) is 14.2 Å². The molecular formula is C18H27F2N4O4-. The summed E-state index contributed by atoms with van der Waals surface area (Å²) in [6.45, 7) is 4.28. The third kappa shape index (κ3) is 6.52. The fraction of sp³-hybridized carbons (Fsp3) is 0.722. The van der Waals surface area contributed by atoms with E-state index in [1.807, 2.05) is 13.8 Å². The van der Waals surface area contributed by atoms with Gasteiger partial charge in [0.25, 0.3) is 11.8 Å². The summed E-state index contributed by atoms with van der Waals surface area (Å²) in [5, 5.41) is 13.0. The number of carbonyl (C=O) groups is 1. The summed E-state index contributed by atoms with van der Waals surface area (Å²) in [5.41, 5.74) is -0.263. The Balaban J connectivity index is 0.000000300. The quantitative estimate of drug-likeness (QED) is 0.715. The van der Waals surface area contributed by atoms with E-state index in [1.165, 1.54) is 4.90 Å². The lowest BCUT2D eigenvalue weighted by Crippen LogP contribution is -2.56. The van der Waals surface area contributed by atoms with Gasteiger partial charge in [0.1, 0.15) is 0 Å². The number of hydrogen-bond acceptors (Lipinski definition) is 6. The second-order valence-electron chi connectivity index (χ2n) is 7.62. The normalized spacial score (nSPS) is 18.0. The first kappa shape index (κ1) is 22.2. The van der Waals surface area contributed by atoms with Crippen molar-refractivity contribution in [1.29, 1.82) is 0 Å². The molecule has 0 aromatic carbocycles. The standard InChI is InChI=1S/C12H13F2N3O3.C6H14NO/c13-12(14)5-17(6-12)9-10(20-4-7-1-2-7)16-8(3-15-9)11(18)19;1-6(2,7-3)5-8-4/h3,7H,1-2,4-6H2,(H,18,19);5H2,1-4H3/q;-1. The first-order chi connectivity index (χ1) is 13.1. The van der Waals surface area contributed by atoms with Crippen molar-refractivity contribution in [2.75, 3.05) is 45.4 Å². The molecule has 0 unspecified atom stereocenters. The monoisotopic (exact) mass is 401 g/mol. The zero-order chi connectivity index (χ0) is 20.9. The predicted molar refractivity (Wildman–Crippen MR) is 99.6 cm³/mol. The van der Waals surface area contributed by atoms with E-state index in [4.69, 9.17) is 14.6 Å². The number of anilines is 1. The van der Waals surface area contributed by atoms with Crippen LogP contribution in [0.1, 0.15) is 37.2 Å². The summed E-state index contributed by atoms with van der Waals surface area (Å²) >= 11 is 0. The topological polar surface area (TPSA) is 98.9 Å². The zero-order valence-electron chi connectivity index (χ0n) is 16.6. The number of rotatable bonds is 8. The van der Waals surface area contributed by atoms with Gasteiger partial charge in [0, 0.05) is 13.7 Å². The summed E-state index contributed by atoms with van der Waals surface area (Å²) in [6.07, 6.45) is 3.17. The molecule has 1 aromatic heterocycles. The van der Waals surface area contributed by atoms with Crippen molar-refractivity contribution in [1.82, 2.24) is 9.97 Å². The molecule has 2 heterocycles. The Morgan fingerprint density at radius 1 is 1.43 bits per heavy atom. The Morgan fingerprint density at radius 3 is 2.50 bits per heavy atom. The highest BCUT2D eigenvalue weighted by molar-refractivity contribution is 5.85. The molecule has 3 rings (SSSR count). The Hall–Kier alpha value is -2.07. The summed E-state index contributed by atoms with van der Waals surface area (Å²) in [4.78, 5) is 20.0. The molecule has 10 heteroatoms. The second kappa shape index (κ2) is 8.95. The van der Waals surface area contributed by atoms with Gasteiger partial charge in [-0.3, -0.25) is 0 Å². The van der Waals surface area contributed by atoms with Crippen LogP contribution in [-0.4, -0.2) is 73.0 Å². The van der Waals surface area contributed by atoms with Crippen molar-refractivity contribution < 1.29 is 28.2 Å². The number of aromatic nitrogens is 2. The number of hydrogen-bond donors (Lipinski definition) is 1. The van der Waals surface area contributed by atoms with Crippen molar-refractivity contribution in [3.05, 3.63) is 17.2 Å². The van der Waals surface area contributed by atoms with Gasteiger partial charge in [0.2, 0.25) is 0 Å². The van der Waals surface area contributed by atoms with E-state index < -0.39 is 25.0 Å². The van der Waals surface area contributed by atoms with Crippen LogP contribution in [0.3, 0.4) is 0 Å².